The molecule has 0 amide bonds. The minimum absolute atomic E-state index is 0. The quantitative estimate of drug-likeness (QED) is 0.316. The fourth-order valence-corrected chi connectivity index (χ4v) is 3.81. The number of guanidine groups is 1. The lowest BCUT2D eigenvalue weighted by atomic mass is 9.67. The third-order valence-corrected chi connectivity index (χ3v) is 5.42. The normalized spacial score (nSPS) is 16.1. The summed E-state index contributed by atoms with van der Waals surface area (Å²) >= 11 is 3.54. The summed E-state index contributed by atoms with van der Waals surface area (Å²) in [6.07, 6.45) is 7.06. The highest BCUT2D eigenvalue weighted by molar-refractivity contribution is 14.0. The summed E-state index contributed by atoms with van der Waals surface area (Å²) in [5.74, 6) is 0.985. The molecule has 1 aromatic heterocycles. The lowest BCUT2D eigenvalue weighted by Gasteiger charge is -2.41. The second-order valence-electron chi connectivity index (χ2n) is 6.88. The molecular formula is C18H32BrIN4O. The van der Waals surface area contributed by atoms with E-state index >= 15 is 0 Å². The van der Waals surface area contributed by atoms with Gasteiger partial charge in [0.05, 0.1) is 6.54 Å². The van der Waals surface area contributed by atoms with Gasteiger partial charge in [-0.05, 0) is 53.6 Å². The smallest absolute Gasteiger partial charge is 0.194 e. The number of hydrogen-bond acceptors (Lipinski definition) is 2. The molecule has 1 fully saturated rings. The largest absolute Gasteiger partial charge is 0.385 e. The maximum absolute atomic E-state index is 5.29. The molecule has 0 aromatic carbocycles. The van der Waals surface area contributed by atoms with Gasteiger partial charge in [-0.3, -0.25) is 4.99 Å². The van der Waals surface area contributed by atoms with Crippen molar-refractivity contribution in [2.75, 3.05) is 33.9 Å². The lowest BCUT2D eigenvalue weighted by molar-refractivity contribution is 0.0776. The van der Waals surface area contributed by atoms with Gasteiger partial charge in [-0.25, -0.2) is 0 Å². The summed E-state index contributed by atoms with van der Waals surface area (Å²) < 4.78 is 8.55. The molecule has 1 saturated carbocycles. The number of nitrogens with one attached hydrogen (secondary N) is 1. The highest BCUT2D eigenvalue weighted by Crippen LogP contribution is 2.44. The minimum Gasteiger partial charge on any atom is -0.385 e. The maximum Gasteiger partial charge on any atom is 0.194 e. The Morgan fingerprint density at radius 2 is 2.20 bits per heavy atom. The topological polar surface area (TPSA) is 41.8 Å². The number of ether oxygens (including phenoxy) is 1. The summed E-state index contributed by atoms with van der Waals surface area (Å²) in [4.78, 5) is 7.15. The molecule has 0 spiro atoms. The highest BCUT2D eigenvalue weighted by atomic mass is 127. The van der Waals surface area contributed by atoms with Crippen LogP contribution in [-0.2, 0) is 18.3 Å². The van der Waals surface area contributed by atoms with Crippen LogP contribution in [0.5, 0.6) is 0 Å². The standard InChI is InChI=1S/C18H31BrN4O.HI/c1-5-20-17(21-14-18(7-6-8-18)9-10-24-4)23(3)13-16-11-15(19)12-22(16)2;/h11-12H,5-10,13-14H2,1-4H3,(H,20,21);1H. The summed E-state index contributed by atoms with van der Waals surface area (Å²) in [5, 5.41) is 3.43. The Labute approximate surface area is 177 Å². The number of aliphatic imine (C=N–C) groups is 1. The molecule has 0 bridgehead atoms. The first kappa shape index (κ1) is 22.8. The van der Waals surface area contributed by atoms with E-state index in [0.29, 0.717) is 5.41 Å². The predicted octanol–water partition coefficient (Wildman–Crippen LogP) is 4.01. The number of rotatable bonds is 8. The zero-order valence-corrected chi connectivity index (χ0v) is 19.8. The average Bonchev–Trinajstić information content (AvgIpc) is 2.82. The van der Waals surface area contributed by atoms with E-state index < -0.39 is 0 Å². The van der Waals surface area contributed by atoms with Crippen molar-refractivity contribution in [1.29, 1.82) is 0 Å². The van der Waals surface area contributed by atoms with Crippen LogP contribution in [0.1, 0.15) is 38.3 Å². The van der Waals surface area contributed by atoms with Crippen LogP contribution in [0.25, 0.3) is 0 Å². The van der Waals surface area contributed by atoms with Crippen molar-refractivity contribution in [2.45, 2.75) is 39.2 Å². The molecule has 144 valence electrons. The molecule has 0 saturated heterocycles. The van der Waals surface area contributed by atoms with Crippen LogP contribution in [0, 0.1) is 5.41 Å². The van der Waals surface area contributed by atoms with Crippen LogP contribution in [-0.4, -0.2) is 49.3 Å². The first-order valence-electron chi connectivity index (χ1n) is 8.79. The Morgan fingerprint density at radius 3 is 2.68 bits per heavy atom. The second-order valence-corrected chi connectivity index (χ2v) is 7.80. The summed E-state index contributed by atoms with van der Waals surface area (Å²) in [5.41, 5.74) is 1.61. The van der Waals surface area contributed by atoms with Gasteiger partial charge >= 0.3 is 0 Å². The van der Waals surface area contributed by atoms with Crippen molar-refractivity contribution >= 4 is 45.9 Å². The molecule has 0 unspecified atom stereocenters. The van der Waals surface area contributed by atoms with Gasteiger partial charge in [0.25, 0.3) is 0 Å². The van der Waals surface area contributed by atoms with Gasteiger partial charge in [-0.1, -0.05) is 6.42 Å². The Balaban J connectivity index is 0.00000312. The fraction of sp³-hybridized carbons (Fsp3) is 0.722. The lowest BCUT2D eigenvalue weighted by Crippen LogP contribution is -2.41. The fourth-order valence-electron chi connectivity index (χ4n) is 3.24. The van der Waals surface area contributed by atoms with Crippen LogP contribution in [0.4, 0.5) is 0 Å². The molecule has 5 nitrogen and oxygen atoms in total. The Kier molecular flexibility index (Phi) is 9.80. The molecule has 1 aliphatic carbocycles. The van der Waals surface area contributed by atoms with Gasteiger partial charge in [0.1, 0.15) is 0 Å². The first-order valence-corrected chi connectivity index (χ1v) is 9.58. The third kappa shape index (κ3) is 6.43. The molecule has 1 heterocycles. The van der Waals surface area contributed by atoms with E-state index in [1.807, 2.05) is 0 Å². The van der Waals surface area contributed by atoms with E-state index in [1.165, 1.54) is 25.0 Å². The van der Waals surface area contributed by atoms with Crippen LogP contribution < -0.4 is 5.32 Å². The minimum atomic E-state index is 0. The van der Waals surface area contributed by atoms with E-state index in [2.05, 4.69) is 64.0 Å². The van der Waals surface area contributed by atoms with Crippen LogP contribution in [0.3, 0.4) is 0 Å². The van der Waals surface area contributed by atoms with Crippen molar-refractivity contribution in [3.63, 3.8) is 0 Å². The summed E-state index contributed by atoms with van der Waals surface area (Å²) in [6.45, 7) is 5.55. The van der Waals surface area contributed by atoms with E-state index in [1.54, 1.807) is 7.11 Å². The average molecular weight is 527 g/mol. The Hall–Kier alpha value is -0.280. The Bertz CT molecular complexity index is 557. The molecule has 1 aliphatic rings. The molecule has 0 aliphatic heterocycles. The van der Waals surface area contributed by atoms with E-state index in [4.69, 9.17) is 9.73 Å². The molecule has 25 heavy (non-hydrogen) atoms. The van der Waals surface area contributed by atoms with Crippen molar-refractivity contribution in [1.82, 2.24) is 14.8 Å². The van der Waals surface area contributed by atoms with Gasteiger partial charge in [-0.15, -0.1) is 24.0 Å². The number of nitrogens with zero attached hydrogens (tertiary/aromatic N) is 3. The molecular weight excluding hydrogens is 495 g/mol. The van der Waals surface area contributed by atoms with E-state index in [-0.39, 0.29) is 24.0 Å². The van der Waals surface area contributed by atoms with Crippen molar-refractivity contribution in [3.8, 4) is 0 Å². The first-order chi connectivity index (χ1) is 11.5. The predicted molar refractivity (Wildman–Crippen MR) is 119 cm³/mol. The monoisotopic (exact) mass is 526 g/mol. The molecule has 0 atom stereocenters. The highest BCUT2D eigenvalue weighted by Gasteiger charge is 2.36. The number of hydrogen-bond donors (Lipinski definition) is 1. The molecule has 0 radical (unpaired) electrons. The number of halogens is 2. The number of aryl methyl sites for hydroxylation is 1. The van der Waals surface area contributed by atoms with E-state index in [0.717, 1.165) is 43.1 Å². The van der Waals surface area contributed by atoms with Gasteiger partial charge in [0, 0.05) is 57.3 Å². The second kappa shape index (κ2) is 10.8. The molecule has 1 aromatic rings. The molecule has 2 rings (SSSR count). The molecule has 7 heteroatoms. The third-order valence-electron chi connectivity index (χ3n) is 4.99. The van der Waals surface area contributed by atoms with Crippen molar-refractivity contribution < 1.29 is 4.74 Å². The summed E-state index contributed by atoms with van der Waals surface area (Å²) in [6, 6.07) is 2.16. The maximum atomic E-state index is 5.29. The van der Waals surface area contributed by atoms with Crippen LogP contribution >= 0.6 is 39.9 Å². The van der Waals surface area contributed by atoms with Crippen LogP contribution in [0.15, 0.2) is 21.7 Å². The SMILES string of the molecule is CCNC(=NCC1(CCOC)CCC1)N(C)Cc1cc(Br)cn1C.I. The van der Waals surface area contributed by atoms with Gasteiger partial charge in [0.15, 0.2) is 5.96 Å². The molecule has 1 N–H and O–H groups in total. The Morgan fingerprint density at radius 1 is 1.48 bits per heavy atom. The van der Waals surface area contributed by atoms with Crippen molar-refractivity contribution in [2.24, 2.45) is 17.5 Å². The zero-order chi connectivity index (χ0) is 17.6. The van der Waals surface area contributed by atoms with Crippen molar-refractivity contribution in [3.05, 3.63) is 22.4 Å². The number of methoxy groups -OCH3 is 1. The zero-order valence-electron chi connectivity index (χ0n) is 15.8. The van der Waals surface area contributed by atoms with Gasteiger partial charge in [0.2, 0.25) is 0 Å². The number of aromatic nitrogens is 1. The van der Waals surface area contributed by atoms with Gasteiger partial charge < -0.3 is 19.5 Å². The van der Waals surface area contributed by atoms with Crippen LogP contribution in [0.2, 0.25) is 0 Å². The summed E-state index contributed by atoms with van der Waals surface area (Å²) in [7, 11) is 5.96. The van der Waals surface area contributed by atoms with Gasteiger partial charge in [-0.2, -0.15) is 0 Å². The van der Waals surface area contributed by atoms with E-state index in [9.17, 15) is 0 Å².